The van der Waals surface area contributed by atoms with Crippen molar-refractivity contribution in [2.24, 2.45) is 5.41 Å². The van der Waals surface area contributed by atoms with Crippen molar-refractivity contribution in [3.63, 3.8) is 0 Å². The Hall–Kier alpha value is -1.16. The second-order valence-corrected chi connectivity index (χ2v) is 5.52. The maximum atomic E-state index is 12.1. The normalized spacial score (nSPS) is 21.9. The Bertz CT molecular complexity index is 454. The van der Waals surface area contributed by atoms with Crippen LogP contribution in [0.2, 0.25) is 0 Å². The first-order chi connectivity index (χ1) is 7.71. The van der Waals surface area contributed by atoms with Gasteiger partial charge >= 0.3 is 0 Å². The molecular formula is C12H13NO2S. The predicted molar refractivity (Wildman–Crippen MR) is 63.7 cm³/mol. The first kappa shape index (κ1) is 10.0. The van der Waals surface area contributed by atoms with Gasteiger partial charge in [0.25, 0.3) is 0 Å². The largest absolute Gasteiger partial charge is 0.507 e. The number of nitrogens with one attached hydrogen (secondary N) is 1. The number of hydrogen-bond acceptors (Lipinski definition) is 3. The van der Waals surface area contributed by atoms with E-state index in [1.54, 1.807) is 23.9 Å². The summed E-state index contributed by atoms with van der Waals surface area (Å²) in [5, 5.41) is 12.7. The number of phenolic OH excluding ortho intramolecular Hbond substituents is 1. The number of carbonyl (C=O) groups excluding carboxylic acids is 1. The van der Waals surface area contributed by atoms with Gasteiger partial charge in [-0.2, -0.15) is 0 Å². The summed E-state index contributed by atoms with van der Waals surface area (Å²) in [7, 11) is 0. The molecule has 0 atom stereocenters. The summed E-state index contributed by atoms with van der Waals surface area (Å²) in [6.07, 6.45) is 3.08. The maximum absolute atomic E-state index is 12.1. The van der Waals surface area contributed by atoms with Gasteiger partial charge in [-0.1, -0.05) is 12.5 Å². The van der Waals surface area contributed by atoms with Crippen molar-refractivity contribution in [2.45, 2.75) is 24.2 Å². The molecule has 1 aromatic rings. The van der Waals surface area contributed by atoms with Crippen LogP contribution in [0.25, 0.3) is 0 Å². The standard InChI is InChI=1S/C12H13NO2S/c14-9-4-1-3-8-10(9)16-7-12(5-2-6-12)11(15)13-8/h1,3-4,14H,2,5-7H2,(H,13,15). The number of fused-ring (bicyclic) bond motifs is 1. The molecule has 1 saturated carbocycles. The molecule has 2 aliphatic rings. The van der Waals surface area contributed by atoms with Gasteiger partial charge in [-0.3, -0.25) is 4.79 Å². The van der Waals surface area contributed by atoms with E-state index < -0.39 is 0 Å². The fourth-order valence-electron chi connectivity index (χ4n) is 2.28. The van der Waals surface area contributed by atoms with Crippen LogP contribution in [0.4, 0.5) is 5.69 Å². The Labute approximate surface area is 98.2 Å². The van der Waals surface area contributed by atoms with Crippen LogP contribution in [-0.2, 0) is 4.79 Å². The quantitative estimate of drug-likeness (QED) is 0.726. The molecule has 1 aliphatic carbocycles. The molecule has 2 N–H and O–H groups in total. The predicted octanol–water partition coefficient (Wildman–Crippen LogP) is 2.61. The van der Waals surface area contributed by atoms with E-state index in [-0.39, 0.29) is 17.1 Å². The molecular weight excluding hydrogens is 222 g/mol. The van der Waals surface area contributed by atoms with Crippen LogP contribution < -0.4 is 5.32 Å². The minimum absolute atomic E-state index is 0.121. The van der Waals surface area contributed by atoms with Gasteiger partial charge < -0.3 is 10.4 Å². The van der Waals surface area contributed by atoms with Crippen LogP contribution >= 0.6 is 11.8 Å². The first-order valence-electron chi connectivity index (χ1n) is 5.48. The van der Waals surface area contributed by atoms with E-state index in [4.69, 9.17) is 0 Å². The lowest BCUT2D eigenvalue weighted by molar-refractivity contribution is -0.128. The molecule has 1 fully saturated rings. The van der Waals surface area contributed by atoms with Crippen LogP contribution in [-0.4, -0.2) is 16.8 Å². The summed E-state index contributed by atoms with van der Waals surface area (Å²) in [5.41, 5.74) is 0.564. The highest BCUT2D eigenvalue weighted by Crippen LogP contribution is 2.50. The lowest BCUT2D eigenvalue weighted by Crippen LogP contribution is -2.43. The smallest absolute Gasteiger partial charge is 0.231 e. The summed E-state index contributed by atoms with van der Waals surface area (Å²) >= 11 is 1.59. The Kier molecular flexibility index (Phi) is 2.14. The summed E-state index contributed by atoms with van der Waals surface area (Å²) in [4.78, 5) is 12.9. The Morgan fingerprint density at radius 3 is 2.88 bits per heavy atom. The van der Waals surface area contributed by atoms with Crippen molar-refractivity contribution in [1.29, 1.82) is 0 Å². The van der Waals surface area contributed by atoms with Gasteiger partial charge in [0.2, 0.25) is 5.91 Å². The zero-order chi connectivity index (χ0) is 11.2. The Morgan fingerprint density at radius 2 is 2.19 bits per heavy atom. The van der Waals surface area contributed by atoms with E-state index in [1.807, 2.05) is 6.07 Å². The molecule has 1 aromatic carbocycles. The third-order valence-electron chi connectivity index (χ3n) is 3.53. The Morgan fingerprint density at radius 1 is 1.38 bits per heavy atom. The van der Waals surface area contributed by atoms with E-state index in [9.17, 15) is 9.90 Å². The van der Waals surface area contributed by atoms with Crippen molar-refractivity contribution in [2.75, 3.05) is 11.1 Å². The number of hydrogen-bond donors (Lipinski definition) is 2. The van der Waals surface area contributed by atoms with Crippen LogP contribution in [0.1, 0.15) is 19.3 Å². The monoisotopic (exact) mass is 235 g/mol. The number of carbonyl (C=O) groups is 1. The minimum atomic E-state index is -0.184. The molecule has 0 saturated heterocycles. The lowest BCUT2D eigenvalue weighted by atomic mass is 9.69. The lowest BCUT2D eigenvalue weighted by Gasteiger charge is -2.38. The number of amides is 1. The maximum Gasteiger partial charge on any atom is 0.231 e. The summed E-state index contributed by atoms with van der Waals surface area (Å²) in [6, 6.07) is 5.27. The molecule has 0 bridgehead atoms. The van der Waals surface area contributed by atoms with Gasteiger partial charge in [0.05, 0.1) is 16.0 Å². The van der Waals surface area contributed by atoms with Crippen LogP contribution in [0.3, 0.4) is 0 Å². The zero-order valence-corrected chi connectivity index (χ0v) is 9.64. The van der Waals surface area contributed by atoms with Gasteiger partial charge in [0.1, 0.15) is 5.75 Å². The van der Waals surface area contributed by atoms with E-state index >= 15 is 0 Å². The highest BCUT2D eigenvalue weighted by Gasteiger charge is 2.45. The van der Waals surface area contributed by atoms with Gasteiger partial charge in [-0.25, -0.2) is 0 Å². The molecule has 1 amide bonds. The third-order valence-corrected chi connectivity index (χ3v) is 4.94. The van der Waals surface area contributed by atoms with E-state index in [2.05, 4.69) is 5.32 Å². The average molecular weight is 235 g/mol. The SMILES string of the molecule is O=C1Nc2cccc(O)c2SCC12CCC2. The van der Waals surface area contributed by atoms with Crippen LogP contribution in [0.5, 0.6) is 5.75 Å². The van der Waals surface area contributed by atoms with Crippen molar-refractivity contribution >= 4 is 23.4 Å². The fraction of sp³-hybridized carbons (Fsp3) is 0.417. The molecule has 4 heteroatoms. The Balaban J connectivity index is 2.00. The number of anilines is 1. The van der Waals surface area contributed by atoms with Crippen molar-refractivity contribution < 1.29 is 9.90 Å². The molecule has 16 heavy (non-hydrogen) atoms. The summed E-state index contributed by atoms with van der Waals surface area (Å²) in [6.45, 7) is 0. The fourth-order valence-corrected chi connectivity index (χ4v) is 3.61. The molecule has 0 radical (unpaired) electrons. The highest BCUT2D eigenvalue weighted by molar-refractivity contribution is 7.99. The zero-order valence-electron chi connectivity index (χ0n) is 8.82. The van der Waals surface area contributed by atoms with Gasteiger partial charge in [0, 0.05) is 5.75 Å². The number of benzene rings is 1. The first-order valence-corrected chi connectivity index (χ1v) is 6.46. The van der Waals surface area contributed by atoms with Crippen molar-refractivity contribution in [3.8, 4) is 5.75 Å². The molecule has 1 heterocycles. The van der Waals surface area contributed by atoms with Gasteiger partial charge in [-0.15, -0.1) is 11.8 Å². The molecule has 3 rings (SSSR count). The van der Waals surface area contributed by atoms with Gasteiger partial charge in [0.15, 0.2) is 0 Å². The topological polar surface area (TPSA) is 49.3 Å². The molecule has 84 valence electrons. The van der Waals surface area contributed by atoms with E-state index in [1.165, 1.54) is 0 Å². The summed E-state index contributed by atoms with van der Waals surface area (Å²) < 4.78 is 0. The van der Waals surface area contributed by atoms with Crippen molar-refractivity contribution in [3.05, 3.63) is 18.2 Å². The minimum Gasteiger partial charge on any atom is -0.507 e. The van der Waals surface area contributed by atoms with Crippen LogP contribution in [0, 0.1) is 5.41 Å². The van der Waals surface area contributed by atoms with Crippen LogP contribution in [0.15, 0.2) is 23.1 Å². The number of aromatic hydroxyl groups is 1. The van der Waals surface area contributed by atoms with Crippen molar-refractivity contribution in [1.82, 2.24) is 0 Å². The van der Waals surface area contributed by atoms with E-state index in [0.29, 0.717) is 0 Å². The van der Waals surface area contributed by atoms with Gasteiger partial charge in [-0.05, 0) is 25.0 Å². The second kappa shape index (κ2) is 3.42. The molecule has 0 aromatic heterocycles. The highest BCUT2D eigenvalue weighted by atomic mass is 32.2. The second-order valence-electron chi connectivity index (χ2n) is 4.53. The third kappa shape index (κ3) is 1.33. The average Bonchev–Trinajstić information content (AvgIpc) is 2.34. The molecule has 0 unspecified atom stereocenters. The summed E-state index contributed by atoms with van der Waals surface area (Å²) in [5.74, 6) is 1.17. The number of rotatable bonds is 0. The molecule has 1 aliphatic heterocycles. The number of thioether (sulfide) groups is 1. The molecule has 1 spiro atoms. The number of phenols is 1. The van der Waals surface area contributed by atoms with E-state index in [0.717, 1.165) is 35.6 Å². The molecule has 3 nitrogen and oxygen atoms in total.